The van der Waals surface area contributed by atoms with Crippen molar-refractivity contribution in [3.63, 3.8) is 0 Å². The predicted octanol–water partition coefficient (Wildman–Crippen LogP) is 0.471. The number of amides is 1. The quantitative estimate of drug-likeness (QED) is 0.889. The third kappa shape index (κ3) is 2.76. The number of nitrogens with two attached hydrogens (primary N) is 1. The molecule has 2 aromatic rings. The van der Waals surface area contributed by atoms with Crippen LogP contribution in [0.1, 0.15) is 28.4 Å². The summed E-state index contributed by atoms with van der Waals surface area (Å²) >= 11 is 0. The van der Waals surface area contributed by atoms with Crippen LogP contribution in [0, 0.1) is 19.8 Å². The zero-order valence-corrected chi connectivity index (χ0v) is 14.2. The molecule has 2 atom stereocenters. The predicted molar refractivity (Wildman–Crippen MR) is 86.6 cm³/mol. The molecular formula is C16H24N6O. The summed E-state index contributed by atoms with van der Waals surface area (Å²) in [5.41, 5.74) is 10.2. The van der Waals surface area contributed by atoms with E-state index in [1.165, 1.54) is 5.56 Å². The Bertz CT molecular complexity index is 731. The molecule has 23 heavy (non-hydrogen) atoms. The second-order valence-corrected chi connectivity index (χ2v) is 6.50. The van der Waals surface area contributed by atoms with Gasteiger partial charge in [-0.3, -0.25) is 19.1 Å². The van der Waals surface area contributed by atoms with Crippen molar-refractivity contribution in [2.75, 3.05) is 13.1 Å². The van der Waals surface area contributed by atoms with E-state index in [1.54, 1.807) is 0 Å². The van der Waals surface area contributed by atoms with Crippen LogP contribution < -0.4 is 5.73 Å². The van der Waals surface area contributed by atoms with Gasteiger partial charge in [-0.05, 0) is 19.4 Å². The second kappa shape index (κ2) is 5.81. The first-order valence-electron chi connectivity index (χ1n) is 7.86. The third-order valence-electron chi connectivity index (χ3n) is 5.16. The molecule has 1 amide bonds. The summed E-state index contributed by atoms with van der Waals surface area (Å²) in [5.74, 6) is -0.295. The van der Waals surface area contributed by atoms with Gasteiger partial charge >= 0.3 is 0 Å². The monoisotopic (exact) mass is 316 g/mol. The molecular weight excluding hydrogens is 292 g/mol. The maximum atomic E-state index is 11.9. The van der Waals surface area contributed by atoms with Crippen LogP contribution in [0.3, 0.4) is 0 Å². The normalized spacial score (nSPS) is 21.9. The molecule has 7 nitrogen and oxygen atoms in total. The van der Waals surface area contributed by atoms with E-state index in [4.69, 9.17) is 5.73 Å². The summed E-state index contributed by atoms with van der Waals surface area (Å²) in [6, 6.07) is 0. The smallest absolute Gasteiger partial charge is 0.222 e. The van der Waals surface area contributed by atoms with Crippen molar-refractivity contribution in [3.05, 3.63) is 34.9 Å². The van der Waals surface area contributed by atoms with Gasteiger partial charge in [0, 0.05) is 56.6 Å². The molecule has 0 unspecified atom stereocenters. The summed E-state index contributed by atoms with van der Waals surface area (Å²) in [6.07, 6.45) is 3.77. The lowest BCUT2D eigenvalue weighted by Crippen LogP contribution is -2.29. The van der Waals surface area contributed by atoms with Gasteiger partial charge in [0.2, 0.25) is 5.91 Å². The summed E-state index contributed by atoms with van der Waals surface area (Å²) in [6.45, 7) is 6.39. The topological polar surface area (TPSA) is 82.0 Å². The highest BCUT2D eigenvalue weighted by Crippen LogP contribution is 2.34. The van der Waals surface area contributed by atoms with Gasteiger partial charge in [-0.1, -0.05) is 0 Å². The first-order chi connectivity index (χ1) is 10.9. The van der Waals surface area contributed by atoms with Crippen LogP contribution in [-0.2, 0) is 25.4 Å². The summed E-state index contributed by atoms with van der Waals surface area (Å²) < 4.78 is 3.72. The molecule has 0 radical (unpaired) electrons. The number of nitrogens with zero attached hydrogens (tertiary/aromatic N) is 5. The number of carbonyl (C=O) groups is 1. The molecule has 0 aromatic carbocycles. The van der Waals surface area contributed by atoms with Crippen LogP contribution >= 0.6 is 0 Å². The maximum absolute atomic E-state index is 11.9. The molecule has 0 aliphatic carbocycles. The molecule has 1 fully saturated rings. The minimum absolute atomic E-state index is 0.109. The molecule has 1 aliphatic heterocycles. The number of rotatable bonds is 4. The Balaban J connectivity index is 1.82. The summed E-state index contributed by atoms with van der Waals surface area (Å²) in [7, 11) is 3.86. The van der Waals surface area contributed by atoms with E-state index in [2.05, 4.69) is 22.0 Å². The van der Waals surface area contributed by atoms with Crippen LogP contribution in [0.15, 0.2) is 12.4 Å². The lowest BCUT2D eigenvalue weighted by atomic mass is 9.89. The van der Waals surface area contributed by atoms with E-state index < -0.39 is 0 Å². The molecule has 0 bridgehead atoms. The Kier molecular flexibility index (Phi) is 3.97. The van der Waals surface area contributed by atoms with Gasteiger partial charge < -0.3 is 5.73 Å². The zero-order chi connectivity index (χ0) is 16.7. The van der Waals surface area contributed by atoms with E-state index in [0.29, 0.717) is 6.54 Å². The second-order valence-electron chi connectivity index (χ2n) is 6.50. The average Bonchev–Trinajstić information content (AvgIpc) is 3.15. The van der Waals surface area contributed by atoms with Crippen molar-refractivity contribution in [3.8, 4) is 0 Å². The number of aromatic nitrogens is 4. The van der Waals surface area contributed by atoms with Crippen molar-refractivity contribution in [1.82, 2.24) is 24.5 Å². The molecule has 1 saturated heterocycles. The molecule has 124 valence electrons. The first kappa shape index (κ1) is 15.7. The van der Waals surface area contributed by atoms with Gasteiger partial charge in [0.1, 0.15) is 0 Å². The van der Waals surface area contributed by atoms with Crippen molar-refractivity contribution >= 4 is 5.91 Å². The highest BCUT2D eigenvalue weighted by Gasteiger charge is 2.39. The Morgan fingerprint density at radius 2 is 1.83 bits per heavy atom. The number of aryl methyl sites for hydroxylation is 2. The maximum Gasteiger partial charge on any atom is 0.222 e. The van der Waals surface area contributed by atoms with Crippen molar-refractivity contribution in [2.45, 2.75) is 26.3 Å². The van der Waals surface area contributed by atoms with Crippen molar-refractivity contribution in [1.29, 1.82) is 0 Å². The van der Waals surface area contributed by atoms with Gasteiger partial charge in [-0.2, -0.15) is 10.2 Å². The van der Waals surface area contributed by atoms with Crippen LogP contribution in [0.4, 0.5) is 0 Å². The number of primary amides is 1. The molecule has 7 heteroatoms. The lowest BCUT2D eigenvalue weighted by Gasteiger charge is -2.15. The zero-order valence-electron chi connectivity index (χ0n) is 14.2. The molecule has 0 spiro atoms. The SMILES string of the molecule is Cc1c(CN2C[C@H](C(N)=O)[C@@H](c3cnn(C)c3C)C2)cnn1C. The molecule has 2 aromatic heterocycles. The highest BCUT2D eigenvalue weighted by molar-refractivity contribution is 5.78. The fraction of sp³-hybridized carbons (Fsp3) is 0.562. The van der Waals surface area contributed by atoms with E-state index in [9.17, 15) is 4.79 Å². The highest BCUT2D eigenvalue weighted by atomic mass is 16.1. The Labute approximate surface area is 136 Å². The van der Waals surface area contributed by atoms with Gasteiger partial charge in [0.25, 0.3) is 0 Å². The summed E-state index contributed by atoms with van der Waals surface area (Å²) in [4.78, 5) is 14.2. The van der Waals surface area contributed by atoms with Crippen LogP contribution in [0.5, 0.6) is 0 Å². The number of hydrogen-bond acceptors (Lipinski definition) is 4. The van der Waals surface area contributed by atoms with Crippen LogP contribution in [0.25, 0.3) is 0 Å². The fourth-order valence-corrected chi connectivity index (χ4v) is 3.44. The third-order valence-corrected chi connectivity index (χ3v) is 5.16. The van der Waals surface area contributed by atoms with Gasteiger partial charge in [0.15, 0.2) is 0 Å². The van der Waals surface area contributed by atoms with Gasteiger partial charge in [-0.15, -0.1) is 0 Å². The van der Waals surface area contributed by atoms with Gasteiger partial charge in [0.05, 0.1) is 18.3 Å². The van der Waals surface area contributed by atoms with Gasteiger partial charge in [-0.25, -0.2) is 0 Å². The minimum Gasteiger partial charge on any atom is -0.369 e. The molecule has 0 saturated carbocycles. The fourth-order valence-electron chi connectivity index (χ4n) is 3.44. The first-order valence-corrected chi connectivity index (χ1v) is 7.86. The Morgan fingerprint density at radius 3 is 2.35 bits per heavy atom. The minimum atomic E-state index is -0.233. The standard InChI is InChI=1S/C16H24N6O/c1-10-12(5-18-20(10)3)7-22-8-14(15(9-22)16(17)23)13-6-19-21(4)11(13)2/h5-6,14-15H,7-9H2,1-4H3,(H2,17,23)/t14-,15+/m1/s1. The Hall–Kier alpha value is -2.15. The largest absolute Gasteiger partial charge is 0.369 e. The molecule has 3 rings (SSSR count). The van der Waals surface area contributed by atoms with Crippen molar-refractivity contribution in [2.24, 2.45) is 25.7 Å². The molecule has 3 heterocycles. The van der Waals surface area contributed by atoms with E-state index in [0.717, 1.165) is 30.0 Å². The number of carbonyl (C=O) groups excluding carboxylic acids is 1. The van der Waals surface area contributed by atoms with Crippen LogP contribution in [0.2, 0.25) is 0 Å². The van der Waals surface area contributed by atoms with Crippen LogP contribution in [-0.4, -0.2) is 43.5 Å². The van der Waals surface area contributed by atoms with Crippen molar-refractivity contribution < 1.29 is 4.79 Å². The average molecular weight is 316 g/mol. The lowest BCUT2D eigenvalue weighted by molar-refractivity contribution is -0.121. The number of hydrogen-bond donors (Lipinski definition) is 1. The number of likely N-dealkylation sites (tertiary alicyclic amines) is 1. The Morgan fingerprint density at radius 1 is 1.17 bits per heavy atom. The molecule has 2 N–H and O–H groups in total. The molecule has 1 aliphatic rings. The summed E-state index contributed by atoms with van der Waals surface area (Å²) in [5, 5.41) is 8.61. The van der Waals surface area contributed by atoms with E-state index in [-0.39, 0.29) is 17.7 Å². The van der Waals surface area contributed by atoms with E-state index >= 15 is 0 Å². The van der Waals surface area contributed by atoms with E-state index in [1.807, 2.05) is 42.8 Å².